The van der Waals surface area contributed by atoms with Gasteiger partial charge in [-0.15, -0.1) is 0 Å². The number of amides is 4. The number of β-lactam (4-membered cyclic amide) rings is 1. The van der Waals surface area contributed by atoms with Crippen LogP contribution in [0.1, 0.15) is 82.2 Å². The number of ether oxygens (including phenoxy) is 2. The Bertz CT molecular complexity index is 1130. The van der Waals surface area contributed by atoms with Gasteiger partial charge in [0.25, 0.3) is 0 Å². The van der Waals surface area contributed by atoms with Crippen molar-refractivity contribution < 1.29 is 23.9 Å². The van der Waals surface area contributed by atoms with E-state index in [2.05, 4.69) is 12.2 Å². The number of methoxy groups -OCH3 is 1. The molecule has 0 aromatic heterocycles. The molecule has 2 aromatic rings. The van der Waals surface area contributed by atoms with Gasteiger partial charge >= 0.3 is 6.03 Å². The average molecular weight is 538 g/mol. The van der Waals surface area contributed by atoms with Crippen molar-refractivity contribution in [3.05, 3.63) is 65.2 Å². The van der Waals surface area contributed by atoms with E-state index in [-0.39, 0.29) is 30.5 Å². The monoisotopic (exact) mass is 537 g/mol. The molecule has 2 aromatic carbocycles. The minimum Gasteiger partial charge on any atom is -0.469 e. The molecule has 1 aliphatic rings. The molecule has 1 fully saturated rings. The first-order chi connectivity index (χ1) is 18.6. The Morgan fingerprint density at radius 3 is 2.15 bits per heavy atom. The predicted molar refractivity (Wildman–Crippen MR) is 151 cm³/mol. The maximum absolute atomic E-state index is 13.5. The number of nitrogens with zero attached hydrogens (tertiary/aromatic N) is 2. The Labute approximate surface area is 232 Å². The summed E-state index contributed by atoms with van der Waals surface area (Å²) in [6, 6.07) is 14.7. The van der Waals surface area contributed by atoms with Gasteiger partial charge in [-0.2, -0.15) is 0 Å². The molecule has 212 valence electrons. The summed E-state index contributed by atoms with van der Waals surface area (Å²) >= 11 is 0. The van der Waals surface area contributed by atoms with Crippen molar-refractivity contribution in [2.75, 3.05) is 20.8 Å². The topological polar surface area (TPSA) is 88.2 Å². The number of nitrogens with one attached hydrogen (secondary N) is 1. The van der Waals surface area contributed by atoms with E-state index in [9.17, 15) is 14.4 Å². The lowest BCUT2D eigenvalue weighted by atomic mass is 9.72. The Morgan fingerprint density at radius 2 is 1.62 bits per heavy atom. The average Bonchev–Trinajstić information content (AvgIpc) is 2.93. The molecule has 0 aliphatic carbocycles. The SMILES string of the molecule is CCC[C@@H](NC(=O)N1C(=O)C(CC)(CC)[C@@H]1Oc1ccc([C@H](C)N(C)C(=O)COC)cc1)c1ccc(C)cc1. The van der Waals surface area contributed by atoms with Gasteiger partial charge in [-0.3, -0.25) is 9.59 Å². The highest BCUT2D eigenvalue weighted by molar-refractivity contribution is 6.03. The summed E-state index contributed by atoms with van der Waals surface area (Å²) in [4.78, 5) is 41.9. The fourth-order valence-corrected chi connectivity index (χ4v) is 5.15. The Hall–Kier alpha value is -3.39. The summed E-state index contributed by atoms with van der Waals surface area (Å²) < 4.78 is 11.3. The van der Waals surface area contributed by atoms with Gasteiger partial charge in [0, 0.05) is 14.2 Å². The zero-order valence-electron chi connectivity index (χ0n) is 24.3. The number of likely N-dealkylation sites (N-methyl/N-ethyl adjacent to an activating group) is 1. The van der Waals surface area contributed by atoms with Crippen LogP contribution in [0.2, 0.25) is 0 Å². The van der Waals surface area contributed by atoms with Gasteiger partial charge < -0.3 is 19.7 Å². The van der Waals surface area contributed by atoms with Gasteiger partial charge in [-0.05, 0) is 56.4 Å². The second-order valence-electron chi connectivity index (χ2n) is 10.4. The summed E-state index contributed by atoms with van der Waals surface area (Å²) in [6.45, 7) is 9.98. The fourth-order valence-electron chi connectivity index (χ4n) is 5.15. The zero-order chi connectivity index (χ0) is 28.7. The van der Waals surface area contributed by atoms with Crippen LogP contribution >= 0.6 is 0 Å². The first kappa shape index (κ1) is 30.2. The van der Waals surface area contributed by atoms with E-state index in [0.29, 0.717) is 18.6 Å². The largest absolute Gasteiger partial charge is 0.469 e. The number of carbonyl (C=O) groups excluding carboxylic acids is 3. The second kappa shape index (κ2) is 13.1. The number of hydrogen-bond acceptors (Lipinski definition) is 5. The summed E-state index contributed by atoms with van der Waals surface area (Å²) in [5, 5.41) is 3.08. The molecule has 8 nitrogen and oxygen atoms in total. The van der Waals surface area contributed by atoms with Gasteiger partial charge in [-0.25, -0.2) is 9.69 Å². The molecule has 39 heavy (non-hydrogen) atoms. The Balaban J connectivity index is 1.79. The molecule has 1 N–H and O–H groups in total. The van der Waals surface area contributed by atoms with Crippen molar-refractivity contribution in [2.24, 2.45) is 5.41 Å². The number of carbonyl (C=O) groups is 3. The van der Waals surface area contributed by atoms with Crippen LogP contribution < -0.4 is 10.1 Å². The third-order valence-corrected chi connectivity index (χ3v) is 8.04. The van der Waals surface area contributed by atoms with Gasteiger partial charge in [0.2, 0.25) is 11.8 Å². The van der Waals surface area contributed by atoms with Crippen LogP contribution in [0.3, 0.4) is 0 Å². The molecule has 1 aliphatic heterocycles. The number of rotatable bonds is 12. The number of imide groups is 1. The van der Waals surface area contributed by atoms with Crippen molar-refractivity contribution in [3.8, 4) is 5.75 Å². The van der Waals surface area contributed by atoms with Crippen LogP contribution in [0.25, 0.3) is 0 Å². The molecule has 0 radical (unpaired) electrons. The molecule has 3 rings (SSSR count). The van der Waals surface area contributed by atoms with Gasteiger partial charge in [0.1, 0.15) is 17.8 Å². The van der Waals surface area contributed by atoms with E-state index in [1.807, 2.05) is 76.2 Å². The van der Waals surface area contributed by atoms with E-state index < -0.39 is 17.7 Å². The van der Waals surface area contributed by atoms with Gasteiger partial charge in [-0.1, -0.05) is 69.2 Å². The van der Waals surface area contributed by atoms with Gasteiger partial charge in [0.15, 0.2) is 6.23 Å². The molecular weight excluding hydrogens is 494 g/mol. The van der Waals surface area contributed by atoms with Crippen LogP contribution in [0.4, 0.5) is 4.79 Å². The molecule has 4 amide bonds. The van der Waals surface area contributed by atoms with Crippen LogP contribution in [-0.2, 0) is 14.3 Å². The molecule has 1 heterocycles. The van der Waals surface area contributed by atoms with Crippen molar-refractivity contribution in [1.82, 2.24) is 15.1 Å². The third-order valence-electron chi connectivity index (χ3n) is 8.04. The first-order valence-electron chi connectivity index (χ1n) is 13.8. The van der Waals surface area contributed by atoms with Gasteiger partial charge in [0.05, 0.1) is 12.1 Å². The highest BCUT2D eigenvalue weighted by Gasteiger charge is 2.63. The third kappa shape index (κ3) is 6.27. The fraction of sp³-hybridized carbons (Fsp3) is 0.516. The lowest BCUT2D eigenvalue weighted by Crippen LogP contribution is -2.73. The quantitative estimate of drug-likeness (QED) is 0.348. The highest BCUT2D eigenvalue weighted by atomic mass is 16.5. The van der Waals surface area contributed by atoms with Crippen molar-refractivity contribution in [3.63, 3.8) is 0 Å². The number of benzene rings is 2. The first-order valence-corrected chi connectivity index (χ1v) is 13.8. The minimum absolute atomic E-state index is 0.0226. The zero-order valence-corrected chi connectivity index (χ0v) is 24.3. The smallest absolute Gasteiger partial charge is 0.327 e. The lowest BCUT2D eigenvalue weighted by Gasteiger charge is -2.53. The normalized spacial score (nSPS) is 17.7. The van der Waals surface area contributed by atoms with Crippen LogP contribution in [0, 0.1) is 12.3 Å². The number of likely N-dealkylation sites (tertiary alicyclic amines) is 1. The number of hydrogen-bond donors (Lipinski definition) is 1. The Kier molecular flexibility index (Phi) is 10.1. The molecule has 0 unspecified atom stereocenters. The van der Waals surface area contributed by atoms with E-state index in [1.54, 1.807) is 11.9 Å². The van der Waals surface area contributed by atoms with Crippen LogP contribution in [0.5, 0.6) is 5.75 Å². The number of urea groups is 1. The van der Waals surface area contributed by atoms with E-state index in [4.69, 9.17) is 9.47 Å². The standard InChI is InChI=1S/C31H43N3O5/c1-8-11-26(24-14-12-21(4)13-15-24)32-30(37)34-28(36)31(9-2,10-3)29(34)39-25-18-16-23(17-19-25)22(5)33(6)27(35)20-38-7/h12-19,22,26,29H,8-11,20H2,1-7H3,(H,32,37)/t22-,26+,29-/m0/s1. The summed E-state index contributed by atoms with van der Waals surface area (Å²) in [5.41, 5.74) is 2.33. The molecule has 0 bridgehead atoms. The number of aryl methyl sites for hydroxylation is 1. The second-order valence-corrected chi connectivity index (χ2v) is 10.4. The van der Waals surface area contributed by atoms with Crippen molar-refractivity contribution in [1.29, 1.82) is 0 Å². The molecule has 1 saturated heterocycles. The molecule has 8 heteroatoms. The van der Waals surface area contributed by atoms with Crippen LogP contribution in [0.15, 0.2) is 48.5 Å². The maximum atomic E-state index is 13.5. The molecule has 3 atom stereocenters. The van der Waals surface area contributed by atoms with Crippen LogP contribution in [-0.4, -0.2) is 54.6 Å². The minimum atomic E-state index is -0.764. The highest BCUT2D eigenvalue weighted by Crippen LogP contribution is 2.46. The Morgan fingerprint density at radius 1 is 1.03 bits per heavy atom. The van der Waals surface area contributed by atoms with Crippen molar-refractivity contribution in [2.45, 2.75) is 78.6 Å². The molecular formula is C31H43N3O5. The molecule has 0 spiro atoms. The maximum Gasteiger partial charge on any atom is 0.327 e. The van der Waals surface area contributed by atoms with E-state index >= 15 is 0 Å². The van der Waals surface area contributed by atoms with E-state index in [0.717, 1.165) is 29.5 Å². The summed E-state index contributed by atoms with van der Waals surface area (Å²) in [7, 11) is 3.24. The predicted octanol–water partition coefficient (Wildman–Crippen LogP) is 5.77. The summed E-state index contributed by atoms with van der Waals surface area (Å²) in [5.74, 6) is 0.238. The molecule has 0 saturated carbocycles. The van der Waals surface area contributed by atoms with Crippen molar-refractivity contribution >= 4 is 17.8 Å². The lowest BCUT2D eigenvalue weighted by molar-refractivity contribution is -0.191. The van der Waals surface area contributed by atoms with E-state index in [1.165, 1.54) is 12.0 Å². The summed E-state index contributed by atoms with van der Waals surface area (Å²) in [6.07, 6.45) is 2.06.